The zero-order valence-electron chi connectivity index (χ0n) is 11.6. The Hall–Kier alpha value is -1.88. The second-order valence-corrected chi connectivity index (χ2v) is 5.07. The number of carbonyl (C=O) groups is 2. The Balaban J connectivity index is 1.93. The van der Waals surface area contributed by atoms with E-state index in [1.165, 1.54) is 4.90 Å². The van der Waals surface area contributed by atoms with Gasteiger partial charge >= 0.3 is 5.97 Å². The summed E-state index contributed by atoms with van der Waals surface area (Å²) in [4.78, 5) is 25.6. The fourth-order valence-corrected chi connectivity index (χ4v) is 2.36. The molecule has 5 heteroatoms. The molecule has 2 N–H and O–H groups in total. The van der Waals surface area contributed by atoms with Crippen LogP contribution in [-0.4, -0.2) is 35.4 Å². The molecule has 1 aromatic rings. The van der Waals surface area contributed by atoms with E-state index in [0.29, 0.717) is 13.0 Å². The van der Waals surface area contributed by atoms with Crippen LogP contribution >= 0.6 is 0 Å². The van der Waals surface area contributed by atoms with Gasteiger partial charge in [-0.05, 0) is 25.3 Å². The average molecular weight is 276 g/mol. The van der Waals surface area contributed by atoms with Crippen molar-refractivity contribution in [3.8, 4) is 0 Å². The van der Waals surface area contributed by atoms with Crippen molar-refractivity contribution in [3.63, 3.8) is 0 Å². The second-order valence-electron chi connectivity index (χ2n) is 5.07. The molecule has 0 spiro atoms. The lowest BCUT2D eigenvalue weighted by atomic mass is 10.2. The third-order valence-electron chi connectivity index (χ3n) is 3.42. The van der Waals surface area contributed by atoms with Crippen molar-refractivity contribution in [3.05, 3.63) is 35.9 Å². The summed E-state index contributed by atoms with van der Waals surface area (Å²) in [6.07, 6.45) is 1.45. The zero-order valence-corrected chi connectivity index (χ0v) is 11.6. The third kappa shape index (κ3) is 3.36. The van der Waals surface area contributed by atoms with Crippen LogP contribution in [0, 0.1) is 0 Å². The van der Waals surface area contributed by atoms with Gasteiger partial charge in [0.2, 0.25) is 5.91 Å². The first-order chi connectivity index (χ1) is 9.59. The maximum Gasteiger partial charge on any atom is 0.329 e. The van der Waals surface area contributed by atoms with Gasteiger partial charge in [-0.3, -0.25) is 4.79 Å². The first kappa shape index (κ1) is 14.5. The molecule has 5 nitrogen and oxygen atoms in total. The summed E-state index contributed by atoms with van der Waals surface area (Å²) >= 11 is 0. The van der Waals surface area contributed by atoms with Gasteiger partial charge in [-0.25, -0.2) is 4.79 Å². The Morgan fingerprint density at radius 3 is 2.75 bits per heavy atom. The fourth-order valence-electron chi connectivity index (χ4n) is 2.36. The van der Waals surface area contributed by atoms with E-state index in [9.17, 15) is 9.59 Å². The average Bonchev–Trinajstić information content (AvgIpc) is 2.94. The molecule has 0 radical (unpaired) electrons. The van der Waals surface area contributed by atoms with Gasteiger partial charge in [0.05, 0.1) is 6.04 Å². The minimum atomic E-state index is -0.586. The van der Waals surface area contributed by atoms with Crippen molar-refractivity contribution in [2.75, 3.05) is 6.54 Å². The van der Waals surface area contributed by atoms with Crippen LogP contribution in [0.1, 0.15) is 25.3 Å². The maximum absolute atomic E-state index is 12.1. The van der Waals surface area contributed by atoms with Crippen molar-refractivity contribution < 1.29 is 14.3 Å². The summed E-state index contributed by atoms with van der Waals surface area (Å²) in [5, 5.41) is 0. The minimum absolute atomic E-state index is 0.191. The molecule has 0 saturated carbocycles. The van der Waals surface area contributed by atoms with Gasteiger partial charge in [0.25, 0.3) is 0 Å². The van der Waals surface area contributed by atoms with Crippen LogP contribution in [0.15, 0.2) is 30.3 Å². The van der Waals surface area contributed by atoms with E-state index < -0.39 is 12.1 Å². The van der Waals surface area contributed by atoms with Crippen molar-refractivity contribution in [2.45, 2.75) is 38.5 Å². The highest BCUT2D eigenvalue weighted by Crippen LogP contribution is 2.19. The summed E-state index contributed by atoms with van der Waals surface area (Å²) < 4.78 is 5.30. The van der Waals surface area contributed by atoms with Crippen LogP contribution in [0.2, 0.25) is 0 Å². The van der Waals surface area contributed by atoms with Crippen LogP contribution in [0.5, 0.6) is 0 Å². The number of nitrogens with zero attached hydrogens (tertiary/aromatic N) is 1. The predicted molar refractivity (Wildman–Crippen MR) is 74.6 cm³/mol. The Bertz CT molecular complexity index is 473. The Kier molecular flexibility index (Phi) is 4.74. The van der Waals surface area contributed by atoms with Gasteiger partial charge < -0.3 is 15.4 Å². The van der Waals surface area contributed by atoms with Crippen LogP contribution in [0.25, 0.3) is 0 Å². The van der Waals surface area contributed by atoms with Crippen molar-refractivity contribution in [1.82, 2.24) is 4.90 Å². The number of hydrogen-bond acceptors (Lipinski definition) is 4. The Labute approximate surface area is 118 Å². The summed E-state index contributed by atoms with van der Waals surface area (Å²) in [6.45, 7) is 2.44. The topological polar surface area (TPSA) is 72.6 Å². The second kappa shape index (κ2) is 6.52. The van der Waals surface area contributed by atoms with Gasteiger partial charge in [-0.1, -0.05) is 30.3 Å². The van der Waals surface area contributed by atoms with Crippen molar-refractivity contribution in [1.29, 1.82) is 0 Å². The number of benzene rings is 1. The number of nitrogens with two attached hydrogens (primary N) is 1. The first-order valence-corrected chi connectivity index (χ1v) is 6.86. The molecule has 20 heavy (non-hydrogen) atoms. The number of likely N-dealkylation sites (tertiary alicyclic amines) is 1. The van der Waals surface area contributed by atoms with Crippen LogP contribution < -0.4 is 5.73 Å². The van der Waals surface area contributed by atoms with Gasteiger partial charge in [-0.2, -0.15) is 0 Å². The van der Waals surface area contributed by atoms with E-state index >= 15 is 0 Å². The molecule has 1 aliphatic heterocycles. The Morgan fingerprint density at radius 1 is 1.40 bits per heavy atom. The molecule has 1 heterocycles. The van der Waals surface area contributed by atoms with Gasteiger partial charge in [0.1, 0.15) is 12.6 Å². The zero-order chi connectivity index (χ0) is 14.5. The molecule has 0 aromatic heterocycles. The first-order valence-electron chi connectivity index (χ1n) is 6.86. The third-order valence-corrected chi connectivity index (χ3v) is 3.42. The predicted octanol–water partition coefficient (Wildman–Crippen LogP) is 1.07. The van der Waals surface area contributed by atoms with E-state index in [1.807, 2.05) is 30.3 Å². The highest BCUT2D eigenvalue weighted by Gasteiger charge is 2.36. The quantitative estimate of drug-likeness (QED) is 0.835. The number of amides is 1. The van der Waals surface area contributed by atoms with Gasteiger partial charge in [-0.15, -0.1) is 0 Å². The molecule has 2 atom stereocenters. The van der Waals surface area contributed by atoms with E-state index in [0.717, 1.165) is 12.0 Å². The van der Waals surface area contributed by atoms with E-state index in [2.05, 4.69) is 0 Å². The van der Waals surface area contributed by atoms with Crippen LogP contribution in [0.4, 0.5) is 0 Å². The number of hydrogen-bond donors (Lipinski definition) is 1. The molecule has 1 amide bonds. The van der Waals surface area contributed by atoms with E-state index in [1.54, 1.807) is 6.92 Å². The summed E-state index contributed by atoms with van der Waals surface area (Å²) in [5.74, 6) is -0.537. The van der Waals surface area contributed by atoms with E-state index in [-0.39, 0.29) is 18.5 Å². The number of rotatable bonds is 4. The molecule has 0 aliphatic carbocycles. The molecule has 2 unspecified atom stereocenters. The summed E-state index contributed by atoms with van der Waals surface area (Å²) in [5.41, 5.74) is 6.53. The molecule has 2 rings (SSSR count). The van der Waals surface area contributed by atoms with Crippen molar-refractivity contribution in [2.24, 2.45) is 5.73 Å². The number of carbonyl (C=O) groups excluding carboxylic acids is 2. The summed E-state index contributed by atoms with van der Waals surface area (Å²) in [6, 6.07) is 8.41. The molecule has 1 aromatic carbocycles. The molecule has 108 valence electrons. The normalized spacial score (nSPS) is 19.7. The minimum Gasteiger partial charge on any atom is -0.459 e. The smallest absolute Gasteiger partial charge is 0.329 e. The molecule has 1 aliphatic rings. The molecule has 1 fully saturated rings. The summed E-state index contributed by atoms with van der Waals surface area (Å²) in [7, 11) is 0. The standard InChI is InChI=1S/C15H20N2O3/c1-11(16)14(18)17-9-5-8-13(17)15(19)20-10-12-6-3-2-4-7-12/h2-4,6-7,11,13H,5,8-10,16H2,1H3. The highest BCUT2D eigenvalue weighted by molar-refractivity contribution is 5.87. The van der Waals surface area contributed by atoms with Gasteiger partial charge in [0.15, 0.2) is 0 Å². The Morgan fingerprint density at radius 2 is 2.10 bits per heavy atom. The molecule has 1 saturated heterocycles. The SMILES string of the molecule is CC(N)C(=O)N1CCCC1C(=O)OCc1ccccc1. The monoisotopic (exact) mass is 276 g/mol. The fraction of sp³-hybridized carbons (Fsp3) is 0.467. The maximum atomic E-state index is 12.1. The highest BCUT2D eigenvalue weighted by atomic mass is 16.5. The lowest BCUT2D eigenvalue weighted by Crippen LogP contribution is -2.47. The molecule has 0 bridgehead atoms. The lowest BCUT2D eigenvalue weighted by molar-refractivity contribution is -0.154. The number of esters is 1. The van der Waals surface area contributed by atoms with E-state index in [4.69, 9.17) is 10.5 Å². The van der Waals surface area contributed by atoms with Crippen molar-refractivity contribution >= 4 is 11.9 Å². The van der Waals surface area contributed by atoms with Crippen LogP contribution in [-0.2, 0) is 20.9 Å². The number of ether oxygens (including phenoxy) is 1. The van der Waals surface area contributed by atoms with Gasteiger partial charge in [0, 0.05) is 6.54 Å². The van der Waals surface area contributed by atoms with Crippen LogP contribution in [0.3, 0.4) is 0 Å². The molecular weight excluding hydrogens is 256 g/mol. The largest absolute Gasteiger partial charge is 0.459 e. The lowest BCUT2D eigenvalue weighted by Gasteiger charge is -2.24. The molecular formula is C15H20N2O3.